The number of aryl methyl sites for hydroxylation is 2. The number of anilines is 1. The third-order valence-electron chi connectivity index (χ3n) is 2.51. The number of carbonyl (C=O) groups is 1. The van der Waals surface area contributed by atoms with Crippen molar-refractivity contribution in [3.8, 4) is 0 Å². The van der Waals surface area contributed by atoms with Gasteiger partial charge in [0.05, 0.1) is 16.2 Å². The second kappa shape index (κ2) is 4.73. The van der Waals surface area contributed by atoms with E-state index in [9.17, 15) is 4.79 Å². The van der Waals surface area contributed by atoms with Gasteiger partial charge in [0.1, 0.15) is 5.76 Å². The maximum Gasteiger partial charge on any atom is 0.261 e. The summed E-state index contributed by atoms with van der Waals surface area (Å²) < 4.78 is 5.45. The third kappa shape index (κ3) is 2.33. The number of aromatic nitrogens is 1. The molecular formula is C12H13N3O2S. The smallest absolute Gasteiger partial charge is 0.261 e. The number of carbonyl (C=O) groups excluding carboxylic acids is 1. The highest BCUT2D eigenvalue weighted by atomic mass is 32.2. The summed E-state index contributed by atoms with van der Waals surface area (Å²) in [7, 11) is 0. The van der Waals surface area contributed by atoms with E-state index in [-0.39, 0.29) is 0 Å². The molecule has 0 saturated carbocycles. The van der Waals surface area contributed by atoms with E-state index >= 15 is 0 Å². The number of benzene rings is 1. The maximum atomic E-state index is 11.3. The molecule has 1 amide bonds. The molecule has 0 atom stereocenters. The summed E-state index contributed by atoms with van der Waals surface area (Å²) in [6, 6.07) is 5.02. The Morgan fingerprint density at radius 3 is 2.67 bits per heavy atom. The first-order chi connectivity index (χ1) is 8.49. The van der Waals surface area contributed by atoms with Gasteiger partial charge in [-0.25, -0.2) is 4.98 Å². The minimum absolute atomic E-state index is 0.369. The van der Waals surface area contributed by atoms with Crippen molar-refractivity contribution in [2.75, 3.05) is 5.73 Å². The monoisotopic (exact) mass is 263 g/mol. The number of amides is 1. The number of oxazole rings is 1. The van der Waals surface area contributed by atoms with Gasteiger partial charge < -0.3 is 15.9 Å². The fourth-order valence-electron chi connectivity index (χ4n) is 1.44. The second-order valence-corrected chi connectivity index (χ2v) is 4.77. The lowest BCUT2D eigenvalue weighted by atomic mass is 10.2. The van der Waals surface area contributed by atoms with Crippen LogP contribution in [0.2, 0.25) is 0 Å². The van der Waals surface area contributed by atoms with Crippen LogP contribution in [-0.2, 0) is 0 Å². The van der Waals surface area contributed by atoms with Gasteiger partial charge in [-0.05, 0) is 37.7 Å². The minimum Gasteiger partial charge on any atom is -0.436 e. The lowest BCUT2D eigenvalue weighted by molar-refractivity contribution is 0.0997. The Morgan fingerprint density at radius 1 is 1.39 bits per heavy atom. The van der Waals surface area contributed by atoms with Crippen molar-refractivity contribution in [2.45, 2.75) is 24.0 Å². The SMILES string of the molecule is Cc1nc(Sc2c(N)cccc2C(N)=O)oc1C. The van der Waals surface area contributed by atoms with Gasteiger partial charge in [-0.3, -0.25) is 4.79 Å². The Labute approximate surface area is 109 Å². The molecule has 0 saturated heterocycles. The molecule has 0 bridgehead atoms. The summed E-state index contributed by atoms with van der Waals surface area (Å²) in [5.41, 5.74) is 12.8. The number of nitrogens with zero attached hydrogens (tertiary/aromatic N) is 1. The van der Waals surface area contributed by atoms with Crippen LogP contribution in [0.4, 0.5) is 5.69 Å². The van der Waals surface area contributed by atoms with Crippen LogP contribution in [0, 0.1) is 13.8 Å². The summed E-state index contributed by atoms with van der Waals surface area (Å²) in [6.07, 6.45) is 0. The first-order valence-corrected chi connectivity index (χ1v) is 6.11. The lowest BCUT2D eigenvalue weighted by Crippen LogP contribution is -2.13. The Kier molecular flexibility index (Phi) is 3.29. The predicted molar refractivity (Wildman–Crippen MR) is 69.5 cm³/mol. The molecule has 0 aliphatic heterocycles. The van der Waals surface area contributed by atoms with E-state index in [0.29, 0.717) is 21.4 Å². The fraction of sp³-hybridized carbons (Fsp3) is 0.167. The molecule has 0 fully saturated rings. The topological polar surface area (TPSA) is 95.1 Å². The fourth-order valence-corrected chi connectivity index (χ4v) is 2.43. The molecule has 94 valence electrons. The first-order valence-electron chi connectivity index (χ1n) is 5.29. The molecule has 6 heteroatoms. The van der Waals surface area contributed by atoms with E-state index in [2.05, 4.69) is 4.98 Å². The van der Waals surface area contributed by atoms with Crippen molar-refractivity contribution in [2.24, 2.45) is 5.73 Å². The minimum atomic E-state index is -0.523. The van der Waals surface area contributed by atoms with Gasteiger partial charge in [0.15, 0.2) is 0 Å². The summed E-state index contributed by atoms with van der Waals surface area (Å²) >= 11 is 1.20. The molecule has 1 aromatic heterocycles. The molecule has 0 unspecified atom stereocenters. The molecule has 0 spiro atoms. The van der Waals surface area contributed by atoms with E-state index in [1.807, 2.05) is 13.8 Å². The molecule has 2 rings (SSSR count). The average molecular weight is 263 g/mol. The molecule has 1 aromatic carbocycles. The van der Waals surface area contributed by atoms with Gasteiger partial charge in [-0.1, -0.05) is 6.07 Å². The number of nitrogen functional groups attached to an aromatic ring is 1. The van der Waals surface area contributed by atoms with Crippen LogP contribution in [0.3, 0.4) is 0 Å². The number of hydrogen-bond acceptors (Lipinski definition) is 5. The summed E-state index contributed by atoms with van der Waals surface area (Å²) in [4.78, 5) is 16.1. The zero-order chi connectivity index (χ0) is 13.3. The molecule has 4 N–H and O–H groups in total. The third-order valence-corrected chi connectivity index (χ3v) is 3.52. The molecule has 0 aliphatic carbocycles. The highest BCUT2D eigenvalue weighted by molar-refractivity contribution is 7.99. The quantitative estimate of drug-likeness (QED) is 0.827. The second-order valence-electron chi connectivity index (χ2n) is 3.81. The Balaban J connectivity index is 2.42. The molecule has 0 radical (unpaired) electrons. The summed E-state index contributed by atoms with van der Waals surface area (Å²) in [6.45, 7) is 3.68. The summed E-state index contributed by atoms with van der Waals surface area (Å²) in [5, 5.41) is 0.449. The Hall–Kier alpha value is -1.95. The zero-order valence-electron chi connectivity index (χ0n) is 10.1. The maximum absolute atomic E-state index is 11.3. The Bertz CT molecular complexity index is 588. The van der Waals surface area contributed by atoms with Gasteiger partial charge in [0.25, 0.3) is 5.22 Å². The van der Waals surface area contributed by atoms with E-state index in [1.165, 1.54) is 11.8 Å². The van der Waals surface area contributed by atoms with Crippen molar-refractivity contribution >= 4 is 23.4 Å². The van der Waals surface area contributed by atoms with Gasteiger partial charge >= 0.3 is 0 Å². The van der Waals surface area contributed by atoms with Gasteiger partial charge in [-0.15, -0.1) is 0 Å². The van der Waals surface area contributed by atoms with Gasteiger partial charge in [0, 0.05) is 5.69 Å². The highest BCUT2D eigenvalue weighted by Crippen LogP contribution is 2.34. The molecule has 5 nitrogen and oxygen atoms in total. The van der Waals surface area contributed by atoms with Crippen LogP contribution in [0.25, 0.3) is 0 Å². The summed E-state index contributed by atoms with van der Waals surface area (Å²) in [5.74, 6) is 0.220. The van der Waals surface area contributed by atoms with E-state index in [0.717, 1.165) is 11.5 Å². The zero-order valence-corrected chi connectivity index (χ0v) is 10.9. The molecular weight excluding hydrogens is 250 g/mol. The first kappa shape index (κ1) is 12.5. The van der Waals surface area contributed by atoms with Crippen LogP contribution < -0.4 is 11.5 Å². The van der Waals surface area contributed by atoms with Crippen LogP contribution in [-0.4, -0.2) is 10.9 Å². The molecule has 2 aromatic rings. The average Bonchev–Trinajstić information content (AvgIpc) is 2.60. The number of nitrogens with two attached hydrogens (primary N) is 2. The normalized spacial score (nSPS) is 10.6. The Morgan fingerprint density at radius 2 is 2.11 bits per heavy atom. The van der Waals surface area contributed by atoms with Crippen LogP contribution in [0.15, 0.2) is 32.7 Å². The van der Waals surface area contributed by atoms with Crippen molar-refractivity contribution < 1.29 is 9.21 Å². The largest absolute Gasteiger partial charge is 0.436 e. The van der Waals surface area contributed by atoms with Crippen molar-refractivity contribution in [1.29, 1.82) is 0 Å². The van der Waals surface area contributed by atoms with E-state index in [4.69, 9.17) is 15.9 Å². The lowest BCUT2D eigenvalue weighted by Gasteiger charge is -2.06. The highest BCUT2D eigenvalue weighted by Gasteiger charge is 2.15. The van der Waals surface area contributed by atoms with Gasteiger partial charge in [0.2, 0.25) is 5.91 Å². The number of primary amides is 1. The van der Waals surface area contributed by atoms with Crippen LogP contribution in [0.1, 0.15) is 21.8 Å². The van der Waals surface area contributed by atoms with Gasteiger partial charge in [-0.2, -0.15) is 0 Å². The number of hydrogen-bond donors (Lipinski definition) is 2. The molecule has 18 heavy (non-hydrogen) atoms. The van der Waals surface area contributed by atoms with Crippen molar-refractivity contribution in [3.63, 3.8) is 0 Å². The van der Waals surface area contributed by atoms with Crippen molar-refractivity contribution in [1.82, 2.24) is 4.98 Å². The standard InChI is InChI=1S/C12H13N3O2S/c1-6-7(2)17-12(15-6)18-10-8(11(14)16)4-3-5-9(10)13/h3-5H,13H2,1-2H3,(H2,14,16). The van der Waals surface area contributed by atoms with E-state index < -0.39 is 5.91 Å². The van der Waals surface area contributed by atoms with Crippen LogP contribution >= 0.6 is 11.8 Å². The van der Waals surface area contributed by atoms with E-state index in [1.54, 1.807) is 18.2 Å². The number of rotatable bonds is 3. The van der Waals surface area contributed by atoms with Crippen molar-refractivity contribution in [3.05, 3.63) is 35.2 Å². The molecule has 1 heterocycles. The van der Waals surface area contributed by atoms with Crippen LogP contribution in [0.5, 0.6) is 0 Å². The predicted octanol–water partition coefficient (Wildman–Crippen LogP) is 2.12. The molecule has 0 aliphatic rings.